The number of nitrogen functional groups attached to an aromatic ring is 1. The number of aliphatic hydroxyl groups excluding tert-OH is 1. The molecular formula is C30H35FN7O7P. The maximum atomic E-state index is 16.4. The predicted molar refractivity (Wildman–Crippen MR) is 169 cm³/mol. The summed E-state index contributed by atoms with van der Waals surface area (Å²) >= 11 is 0. The number of carbonyl (C=O) groups excluding carboxylic acids is 1. The number of carbonyl (C=O) groups is 1. The lowest BCUT2D eigenvalue weighted by Gasteiger charge is -2.25. The van der Waals surface area contributed by atoms with Crippen LogP contribution in [0.5, 0.6) is 5.75 Å². The van der Waals surface area contributed by atoms with E-state index in [4.69, 9.17) is 30.7 Å². The highest BCUT2D eigenvalue weighted by molar-refractivity contribution is 7.52. The Balaban J connectivity index is 1.45. The molecule has 5 rings (SSSR count). The second-order valence-electron chi connectivity index (χ2n) is 11.2. The molecule has 1 fully saturated rings. The molecule has 0 bridgehead atoms. The summed E-state index contributed by atoms with van der Waals surface area (Å²) in [6.07, 6.45) is 1.35. The molecule has 4 N–H and O–H groups in total. The van der Waals surface area contributed by atoms with Gasteiger partial charge in [0.05, 0.1) is 19.0 Å². The largest absolute Gasteiger partial charge is 0.462 e. The summed E-state index contributed by atoms with van der Waals surface area (Å²) in [6, 6.07) is 11.2. The van der Waals surface area contributed by atoms with Crippen molar-refractivity contribution in [2.45, 2.75) is 57.0 Å². The molecule has 3 heterocycles. The van der Waals surface area contributed by atoms with Gasteiger partial charge < -0.3 is 29.7 Å². The average molecular weight is 656 g/mol. The molecule has 14 nitrogen and oxygen atoms in total. The van der Waals surface area contributed by atoms with Crippen molar-refractivity contribution in [3.8, 4) is 18.1 Å². The molecule has 1 saturated heterocycles. The first-order valence-corrected chi connectivity index (χ1v) is 15.9. The molecule has 0 saturated carbocycles. The molecule has 0 radical (unpaired) electrons. The van der Waals surface area contributed by atoms with Gasteiger partial charge in [-0.05, 0) is 32.2 Å². The third kappa shape index (κ3) is 6.35. The monoisotopic (exact) mass is 655 g/mol. The highest BCUT2D eigenvalue weighted by Crippen LogP contribution is 2.49. The molecule has 0 spiro atoms. The second-order valence-corrected chi connectivity index (χ2v) is 12.9. The quantitative estimate of drug-likeness (QED) is 0.122. The summed E-state index contributed by atoms with van der Waals surface area (Å²) in [5.74, 6) is 1.73. The highest BCUT2D eigenvalue weighted by Gasteiger charge is 2.58. The topological polar surface area (TPSA) is 176 Å². The Labute approximate surface area is 264 Å². The zero-order valence-electron chi connectivity index (χ0n) is 25.8. The van der Waals surface area contributed by atoms with E-state index in [1.54, 1.807) is 57.1 Å². The summed E-state index contributed by atoms with van der Waals surface area (Å²) in [5.41, 5.74) is 3.50. The van der Waals surface area contributed by atoms with Crippen molar-refractivity contribution in [3.05, 3.63) is 48.8 Å². The average Bonchev–Trinajstić information content (AvgIpc) is 3.53. The Morgan fingerprint density at radius 1 is 1.26 bits per heavy atom. The van der Waals surface area contributed by atoms with E-state index in [1.165, 1.54) is 17.8 Å². The van der Waals surface area contributed by atoms with Crippen LogP contribution in [0.2, 0.25) is 0 Å². The zero-order valence-corrected chi connectivity index (χ0v) is 26.7. The third-order valence-electron chi connectivity index (χ3n) is 7.20. The normalized spacial score (nSPS) is 23.2. The van der Waals surface area contributed by atoms with Gasteiger partial charge in [0.15, 0.2) is 23.2 Å². The number of alkyl halides is 1. The van der Waals surface area contributed by atoms with E-state index in [9.17, 15) is 14.5 Å². The molecule has 1 aliphatic rings. The van der Waals surface area contributed by atoms with E-state index in [2.05, 4.69) is 20.0 Å². The van der Waals surface area contributed by atoms with Crippen molar-refractivity contribution < 1.29 is 37.4 Å². The number of nitrogens with two attached hydrogens (primary N) is 1. The standard InChI is InChI=1S/C30H35FN7O7P/c1-7-30(31)24(39)22(44-28(30)38-16-33-23-25(37(5)6)34-29(32)35-26(23)38)15-42-46(41,36-18(4)27(40)43-17(2)3)45-21-14-10-12-19-11-8-9-13-20(19)21/h1,8-14,16-18,22,24,28,39H,15H2,2-6H3,(H,36,41)(H2,32,34,35)/t18-,22+,24+,28+,30+,46-/m0/s1. The molecule has 16 heteroatoms. The molecule has 0 amide bonds. The van der Waals surface area contributed by atoms with Crippen molar-refractivity contribution in [2.24, 2.45) is 0 Å². The van der Waals surface area contributed by atoms with Crippen molar-refractivity contribution in [2.75, 3.05) is 31.3 Å². The fourth-order valence-electron chi connectivity index (χ4n) is 5.00. The number of halogens is 1. The van der Waals surface area contributed by atoms with Crippen molar-refractivity contribution in [3.63, 3.8) is 0 Å². The fraction of sp³-hybridized carbons (Fsp3) is 0.400. The lowest BCUT2D eigenvalue weighted by Crippen LogP contribution is -2.42. The van der Waals surface area contributed by atoms with Crippen molar-refractivity contribution in [1.29, 1.82) is 0 Å². The number of esters is 1. The Bertz CT molecular complexity index is 1840. The molecule has 0 aliphatic carbocycles. The van der Waals surface area contributed by atoms with Gasteiger partial charge in [-0.25, -0.2) is 13.9 Å². The van der Waals surface area contributed by atoms with E-state index in [0.29, 0.717) is 11.2 Å². The minimum absolute atomic E-state index is 0.107. The van der Waals surface area contributed by atoms with Crippen LogP contribution in [-0.4, -0.2) is 81.3 Å². The summed E-state index contributed by atoms with van der Waals surface area (Å²) in [4.78, 5) is 26.9. The Hall–Kier alpha value is -4.32. The summed E-state index contributed by atoms with van der Waals surface area (Å²) in [7, 11) is -1.00. The number of terminal acetylenes is 1. The maximum absolute atomic E-state index is 16.4. The van der Waals surface area contributed by atoms with E-state index >= 15 is 4.39 Å². The summed E-state index contributed by atoms with van der Waals surface area (Å²) in [6.45, 7) is 4.10. The van der Waals surface area contributed by atoms with Gasteiger partial charge in [0.2, 0.25) is 11.6 Å². The van der Waals surface area contributed by atoms with Crippen LogP contribution in [0.15, 0.2) is 48.8 Å². The number of nitrogens with one attached hydrogen (secondary N) is 1. The van der Waals surface area contributed by atoms with Crippen LogP contribution in [0.25, 0.3) is 21.9 Å². The van der Waals surface area contributed by atoms with E-state index in [-0.39, 0.29) is 22.9 Å². The Kier molecular flexibility index (Phi) is 9.21. The lowest BCUT2D eigenvalue weighted by atomic mass is 9.97. The van der Waals surface area contributed by atoms with Gasteiger partial charge in [-0.15, -0.1) is 6.42 Å². The van der Waals surface area contributed by atoms with Gasteiger partial charge in [0.1, 0.15) is 24.0 Å². The van der Waals surface area contributed by atoms with Crippen LogP contribution >= 0.6 is 7.75 Å². The van der Waals surface area contributed by atoms with Crippen molar-refractivity contribution in [1.82, 2.24) is 24.6 Å². The number of benzene rings is 2. The Morgan fingerprint density at radius 2 is 1.98 bits per heavy atom. The first-order chi connectivity index (χ1) is 21.8. The van der Waals surface area contributed by atoms with Gasteiger partial charge in [-0.2, -0.15) is 15.1 Å². The molecule has 46 heavy (non-hydrogen) atoms. The number of hydrogen-bond acceptors (Lipinski definition) is 12. The number of hydrogen-bond donors (Lipinski definition) is 3. The van der Waals surface area contributed by atoms with Gasteiger partial charge in [-0.1, -0.05) is 42.3 Å². The highest BCUT2D eigenvalue weighted by atomic mass is 31.2. The first-order valence-electron chi connectivity index (χ1n) is 14.3. The van der Waals surface area contributed by atoms with Crippen molar-refractivity contribution >= 4 is 47.4 Å². The number of imidazole rings is 1. The number of anilines is 2. The predicted octanol–water partition coefficient (Wildman–Crippen LogP) is 3.36. The van der Waals surface area contributed by atoms with Crippen LogP contribution in [0.3, 0.4) is 0 Å². The molecule has 2 aromatic heterocycles. The van der Waals surface area contributed by atoms with E-state index < -0.39 is 56.6 Å². The molecule has 1 aliphatic heterocycles. The van der Waals surface area contributed by atoms with E-state index in [0.717, 1.165) is 5.39 Å². The molecule has 244 valence electrons. The third-order valence-corrected chi connectivity index (χ3v) is 8.83. The van der Waals surface area contributed by atoms with Crippen LogP contribution < -0.4 is 20.2 Å². The number of ether oxygens (including phenoxy) is 2. The lowest BCUT2D eigenvalue weighted by molar-refractivity contribution is -0.149. The molecule has 0 unspecified atom stereocenters. The summed E-state index contributed by atoms with van der Waals surface area (Å²) in [5, 5.41) is 15.1. The molecule has 2 aromatic carbocycles. The number of rotatable bonds is 11. The fourth-order valence-corrected chi connectivity index (χ4v) is 6.52. The second kappa shape index (κ2) is 12.8. The van der Waals surface area contributed by atoms with Crippen LogP contribution in [-0.2, 0) is 23.4 Å². The molecule has 4 aromatic rings. The minimum atomic E-state index is -4.45. The summed E-state index contributed by atoms with van der Waals surface area (Å²) < 4.78 is 54.7. The SMILES string of the molecule is C#C[C@@]1(F)[C@H](O)[C@@H](CO[P@@](=O)(N[C@@H](C)C(=O)OC(C)C)Oc2cccc3ccccc23)O[C@H]1n1cnc2c(N(C)C)nc(N)nc21. The smallest absolute Gasteiger partial charge is 0.459 e. The number of aliphatic hydroxyl groups is 1. The van der Waals surface area contributed by atoms with Gasteiger partial charge in [0, 0.05) is 19.5 Å². The van der Waals surface area contributed by atoms with Gasteiger partial charge in [-0.3, -0.25) is 13.9 Å². The zero-order chi connectivity index (χ0) is 33.4. The van der Waals surface area contributed by atoms with Crippen LogP contribution in [0.1, 0.15) is 27.0 Å². The minimum Gasteiger partial charge on any atom is -0.462 e. The molecule has 6 atom stereocenters. The van der Waals surface area contributed by atoms with Gasteiger partial charge in [0.25, 0.3) is 0 Å². The number of fused-ring (bicyclic) bond motifs is 2. The number of aromatic nitrogens is 4. The van der Waals surface area contributed by atoms with Crippen LogP contribution in [0.4, 0.5) is 16.2 Å². The first kappa shape index (κ1) is 33.1. The maximum Gasteiger partial charge on any atom is 0.459 e. The van der Waals surface area contributed by atoms with E-state index in [1.807, 2.05) is 24.1 Å². The Morgan fingerprint density at radius 3 is 2.67 bits per heavy atom. The molecular weight excluding hydrogens is 620 g/mol. The van der Waals surface area contributed by atoms with Gasteiger partial charge >= 0.3 is 13.7 Å². The van der Waals surface area contributed by atoms with Crippen LogP contribution in [0, 0.1) is 12.3 Å². The number of nitrogens with zero attached hydrogens (tertiary/aromatic N) is 5.